The Kier molecular flexibility index (Phi) is 7.65. The third-order valence-electron chi connectivity index (χ3n) is 1.52. The molecule has 0 aromatic heterocycles. The second kappa shape index (κ2) is 7.42. The molecule has 0 unspecified atom stereocenters. The van der Waals surface area contributed by atoms with Gasteiger partial charge in [-0.2, -0.15) is 0 Å². The molecule has 0 fully saturated rings. The highest BCUT2D eigenvalue weighted by atomic mass is 32.1. The minimum absolute atomic E-state index is 1.09. The zero-order chi connectivity index (χ0) is 7.82. The van der Waals surface area contributed by atoms with Crippen LogP contribution in [0.25, 0.3) is 0 Å². The molecule has 1 radical (unpaired) electrons. The second-order valence-corrected chi connectivity index (χ2v) is 3.15. The van der Waals surface area contributed by atoms with Crippen molar-refractivity contribution in [3.63, 3.8) is 0 Å². The Hall–Kier alpha value is 0.310. The predicted octanol–water partition coefficient (Wildman–Crippen LogP) is 3.00. The van der Waals surface area contributed by atoms with E-state index >= 15 is 0 Å². The molecule has 0 aliphatic heterocycles. The maximum absolute atomic E-state index is 5.10. The maximum Gasteiger partial charge on any atom is 0.00975 e. The quantitative estimate of drug-likeness (QED) is 0.577. The Bertz CT molecular complexity index is 58.3. The highest BCUT2D eigenvalue weighted by Gasteiger charge is 1.96. The average molecular weight is 160 g/mol. The van der Waals surface area contributed by atoms with Crippen LogP contribution < -0.4 is 0 Å². The summed E-state index contributed by atoms with van der Waals surface area (Å²) in [7, 11) is 0. The van der Waals surface area contributed by atoms with Crippen molar-refractivity contribution in [1.82, 2.24) is 4.31 Å². The van der Waals surface area contributed by atoms with Gasteiger partial charge in [-0.25, -0.2) is 4.31 Å². The lowest BCUT2D eigenvalue weighted by molar-refractivity contribution is 0.449. The molecule has 10 heavy (non-hydrogen) atoms. The van der Waals surface area contributed by atoms with Crippen molar-refractivity contribution in [1.29, 1.82) is 0 Å². The summed E-state index contributed by atoms with van der Waals surface area (Å²) in [6.07, 6.45) is 4.99. The van der Waals surface area contributed by atoms with Gasteiger partial charge in [-0.15, -0.1) is 0 Å². The van der Waals surface area contributed by atoms with Gasteiger partial charge in [0.2, 0.25) is 0 Å². The SMILES string of the molecule is CCCCN([S])CCCC. The fourth-order valence-electron chi connectivity index (χ4n) is 0.781. The van der Waals surface area contributed by atoms with Crippen LogP contribution in [0, 0.1) is 0 Å². The van der Waals surface area contributed by atoms with Crippen molar-refractivity contribution in [2.75, 3.05) is 13.1 Å². The lowest BCUT2D eigenvalue weighted by Gasteiger charge is -2.11. The first kappa shape index (κ1) is 10.3. The Morgan fingerprint density at radius 2 is 1.40 bits per heavy atom. The zero-order valence-electron chi connectivity index (χ0n) is 7.10. The summed E-state index contributed by atoms with van der Waals surface area (Å²) in [4.78, 5) is 0. The van der Waals surface area contributed by atoms with E-state index in [2.05, 4.69) is 13.8 Å². The van der Waals surface area contributed by atoms with Gasteiger partial charge in [-0.3, -0.25) is 0 Å². The molecule has 61 valence electrons. The number of nitrogens with zero attached hydrogens (tertiary/aromatic N) is 1. The monoisotopic (exact) mass is 160 g/mol. The van der Waals surface area contributed by atoms with E-state index in [-0.39, 0.29) is 0 Å². The first-order valence-corrected chi connectivity index (χ1v) is 4.59. The predicted molar refractivity (Wildman–Crippen MR) is 49.0 cm³/mol. The summed E-state index contributed by atoms with van der Waals surface area (Å²) in [6, 6.07) is 0. The van der Waals surface area contributed by atoms with E-state index in [4.69, 9.17) is 12.8 Å². The number of hydrogen-bond donors (Lipinski definition) is 0. The molecule has 0 heterocycles. The largest absolute Gasteiger partial charge is 0.240 e. The zero-order valence-corrected chi connectivity index (χ0v) is 7.91. The van der Waals surface area contributed by atoms with Crippen molar-refractivity contribution in [2.45, 2.75) is 39.5 Å². The van der Waals surface area contributed by atoms with Crippen LogP contribution in [0.5, 0.6) is 0 Å². The van der Waals surface area contributed by atoms with Crippen molar-refractivity contribution in [2.24, 2.45) is 0 Å². The molecular weight excluding hydrogens is 142 g/mol. The molecule has 0 aromatic rings. The fraction of sp³-hybridized carbons (Fsp3) is 1.00. The molecule has 0 aliphatic rings. The van der Waals surface area contributed by atoms with E-state index in [1.807, 2.05) is 4.31 Å². The van der Waals surface area contributed by atoms with Crippen LogP contribution in [-0.4, -0.2) is 17.4 Å². The molecule has 1 nitrogen and oxygen atoms in total. The number of hydrogen-bond acceptors (Lipinski definition) is 1. The third kappa shape index (κ3) is 6.43. The van der Waals surface area contributed by atoms with Crippen LogP contribution in [0.15, 0.2) is 0 Å². The highest BCUT2D eigenvalue weighted by molar-refractivity contribution is 7.77. The molecular formula is C8H18NS. The van der Waals surface area contributed by atoms with Crippen LogP contribution in [0.3, 0.4) is 0 Å². The van der Waals surface area contributed by atoms with E-state index in [0.29, 0.717) is 0 Å². The van der Waals surface area contributed by atoms with Gasteiger partial charge in [0.1, 0.15) is 0 Å². The second-order valence-electron chi connectivity index (χ2n) is 2.64. The van der Waals surface area contributed by atoms with Gasteiger partial charge in [-0.05, 0) is 12.8 Å². The van der Waals surface area contributed by atoms with Crippen molar-refractivity contribution < 1.29 is 0 Å². The van der Waals surface area contributed by atoms with Gasteiger partial charge < -0.3 is 0 Å². The van der Waals surface area contributed by atoms with Crippen molar-refractivity contribution >= 4 is 12.8 Å². The third-order valence-corrected chi connectivity index (χ3v) is 1.89. The molecule has 0 spiro atoms. The molecule has 0 saturated carbocycles. The van der Waals surface area contributed by atoms with Crippen LogP contribution in [0.1, 0.15) is 39.5 Å². The van der Waals surface area contributed by atoms with Crippen LogP contribution in [0.4, 0.5) is 0 Å². The number of unbranched alkanes of at least 4 members (excludes halogenated alkanes) is 2. The van der Waals surface area contributed by atoms with Gasteiger partial charge in [0.15, 0.2) is 0 Å². The first-order chi connectivity index (χ1) is 4.81. The van der Waals surface area contributed by atoms with Crippen LogP contribution in [0.2, 0.25) is 0 Å². The Labute approximate surface area is 70.3 Å². The minimum Gasteiger partial charge on any atom is -0.240 e. The van der Waals surface area contributed by atoms with E-state index in [9.17, 15) is 0 Å². The number of rotatable bonds is 6. The fourth-order valence-corrected chi connectivity index (χ4v) is 1.04. The maximum atomic E-state index is 5.10. The lowest BCUT2D eigenvalue weighted by Crippen LogP contribution is -2.14. The molecule has 0 atom stereocenters. The summed E-state index contributed by atoms with van der Waals surface area (Å²) < 4.78 is 2.01. The van der Waals surface area contributed by atoms with E-state index < -0.39 is 0 Å². The minimum atomic E-state index is 1.09. The van der Waals surface area contributed by atoms with Crippen LogP contribution >= 0.6 is 12.8 Å². The summed E-state index contributed by atoms with van der Waals surface area (Å²) in [5, 5.41) is 0. The first-order valence-electron chi connectivity index (χ1n) is 4.23. The summed E-state index contributed by atoms with van der Waals surface area (Å²) in [5.74, 6) is 0. The van der Waals surface area contributed by atoms with E-state index in [0.717, 1.165) is 13.1 Å². The molecule has 0 N–H and O–H groups in total. The van der Waals surface area contributed by atoms with Gasteiger partial charge in [-0.1, -0.05) is 26.7 Å². The molecule has 0 amide bonds. The normalized spacial score (nSPS) is 10.8. The molecule has 2 heteroatoms. The topological polar surface area (TPSA) is 3.24 Å². The lowest BCUT2D eigenvalue weighted by atomic mass is 10.3. The van der Waals surface area contributed by atoms with E-state index in [1.165, 1.54) is 25.7 Å². The van der Waals surface area contributed by atoms with Crippen molar-refractivity contribution in [3.8, 4) is 0 Å². The Morgan fingerprint density at radius 3 is 1.70 bits per heavy atom. The highest BCUT2D eigenvalue weighted by Crippen LogP contribution is 2.00. The summed E-state index contributed by atoms with van der Waals surface area (Å²) in [5.41, 5.74) is 0. The molecule has 0 aromatic carbocycles. The Morgan fingerprint density at radius 1 is 1.00 bits per heavy atom. The summed E-state index contributed by atoms with van der Waals surface area (Å²) >= 11 is 5.10. The smallest absolute Gasteiger partial charge is 0.00975 e. The van der Waals surface area contributed by atoms with Gasteiger partial charge >= 0.3 is 0 Å². The standard InChI is InChI=1S/C8H18NS/c1-3-5-7-9(10)8-6-4-2/h3-8H2,1-2H3. The van der Waals surface area contributed by atoms with Crippen molar-refractivity contribution in [3.05, 3.63) is 0 Å². The van der Waals surface area contributed by atoms with E-state index in [1.54, 1.807) is 0 Å². The van der Waals surface area contributed by atoms with Gasteiger partial charge in [0.25, 0.3) is 0 Å². The van der Waals surface area contributed by atoms with Crippen LogP contribution in [-0.2, 0) is 0 Å². The molecule has 0 rings (SSSR count). The molecule has 0 bridgehead atoms. The van der Waals surface area contributed by atoms with Gasteiger partial charge in [0.05, 0.1) is 0 Å². The summed E-state index contributed by atoms with van der Waals surface area (Å²) in [6.45, 7) is 6.57. The van der Waals surface area contributed by atoms with Gasteiger partial charge in [0, 0.05) is 25.9 Å². The Balaban J connectivity index is 3.00. The average Bonchev–Trinajstić information content (AvgIpc) is 1.97. The molecule has 0 aliphatic carbocycles. The molecule has 0 saturated heterocycles.